The summed E-state index contributed by atoms with van der Waals surface area (Å²) in [5, 5.41) is 11.8. The second-order valence-electron chi connectivity index (χ2n) is 10.5. The van der Waals surface area contributed by atoms with Gasteiger partial charge in [0.2, 0.25) is 0 Å². The number of nitrogens with two attached hydrogens (primary N) is 1. The van der Waals surface area contributed by atoms with Crippen molar-refractivity contribution >= 4 is 17.5 Å². The molecule has 2 bridgehead atoms. The summed E-state index contributed by atoms with van der Waals surface area (Å²) >= 11 is 6.44. The Hall–Kier alpha value is -2.93. The number of nitrogens with one attached hydrogen (secondary N) is 2. The topological polar surface area (TPSA) is 85.0 Å². The number of carbonyl (C=O) groups is 1. The minimum absolute atomic E-state index is 0.0682. The number of hydrogen-bond acceptors (Lipinski definition) is 4. The normalized spacial score (nSPS) is 20.9. The average molecular weight is 504 g/mol. The quantitative estimate of drug-likeness (QED) is 0.360. The van der Waals surface area contributed by atoms with Crippen LogP contribution >= 0.6 is 11.6 Å². The average Bonchev–Trinajstić information content (AvgIpc) is 3.53. The summed E-state index contributed by atoms with van der Waals surface area (Å²) < 4.78 is 1.91. The van der Waals surface area contributed by atoms with Gasteiger partial charge >= 0.3 is 0 Å². The molecule has 188 valence electrons. The number of halogens is 1. The van der Waals surface area contributed by atoms with Crippen molar-refractivity contribution in [3.63, 3.8) is 0 Å². The third-order valence-corrected chi connectivity index (χ3v) is 8.23. The van der Waals surface area contributed by atoms with E-state index in [1.165, 1.54) is 17.6 Å². The lowest BCUT2D eigenvalue weighted by Gasteiger charge is -2.27. The van der Waals surface area contributed by atoms with Crippen molar-refractivity contribution < 1.29 is 4.79 Å². The molecule has 4 N–H and O–H groups in total. The van der Waals surface area contributed by atoms with Gasteiger partial charge in [-0.25, -0.2) is 0 Å². The summed E-state index contributed by atoms with van der Waals surface area (Å²) in [5.74, 6) is 0.440. The van der Waals surface area contributed by atoms with Gasteiger partial charge in [0, 0.05) is 34.9 Å². The van der Waals surface area contributed by atoms with Gasteiger partial charge in [-0.2, -0.15) is 5.10 Å². The van der Waals surface area contributed by atoms with Crippen molar-refractivity contribution in [2.75, 3.05) is 6.67 Å². The van der Waals surface area contributed by atoms with Crippen LogP contribution in [-0.4, -0.2) is 22.4 Å². The van der Waals surface area contributed by atoms with Crippen LogP contribution in [0.2, 0.25) is 5.02 Å². The maximum absolute atomic E-state index is 13.5. The van der Waals surface area contributed by atoms with Crippen molar-refractivity contribution in [1.82, 2.24) is 20.4 Å². The zero-order valence-corrected chi connectivity index (χ0v) is 22.0. The van der Waals surface area contributed by atoms with Gasteiger partial charge in [-0.1, -0.05) is 60.0 Å². The molecule has 0 aliphatic heterocycles. The summed E-state index contributed by atoms with van der Waals surface area (Å²) in [5.41, 5.74) is 13.6. The van der Waals surface area contributed by atoms with Gasteiger partial charge < -0.3 is 16.4 Å². The fourth-order valence-corrected chi connectivity index (χ4v) is 5.95. The van der Waals surface area contributed by atoms with Crippen LogP contribution in [0.5, 0.6) is 0 Å². The molecule has 1 fully saturated rings. The van der Waals surface area contributed by atoms with Crippen molar-refractivity contribution in [3.05, 3.63) is 87.2 Å². The van der Waals surface area contributed by atoms with Gasteiger partial charge in [0.05, 0.1) is 12.2 Å². The number of amides is 1. The predicted octanol–water partition coefficient (Wildman–Crippen LogP) is 5.39. The van der Waals surface area contributed by atoms with E-state index in [-0.39, 0.29) is 11.3 Å². The highest BCUT2D eigenvalue weighted by atomic mass is 35.5. The van der Waals surface area contributed by atoms with E-state index in [2.05, 4.69) is 55.7 Å². The van der Waals surface area contributed by atoms with Gasteiger partial charge in [0.25, 0.3) is 5.91 Å². The molecular formula is C29H34ClN5O. The maximum atomic E-state index is 13.5. The van der Waals surface area contributed by atoms with Crippen LogP contribution in [0.1, 0.15) is 60.3 Å². The first kappa shape index (κ1) is 24.8. The molecule has 1 heterocycles. The molecule has 6 nitrogen and oxygen atoms in total. The number of benzene rings is 2. The number of nitrogens with zero attached hydrogens (tertiary/aromatic N) is 2. The Morgan fingerprint density at radius 2 is 1.97 bits per heavy atom. The first-order chi connectivity index (χ1) is 17.3. The molecule has 36 heavy (non-hydrogen) atoms. The van der Waals surface area contributed by atoms with Crippen LogP contribution in [-0.2, 0) is 13.1 Å². The molecule has 7 heteroatoms. The van der Waals surface area contributed by atoms with Crippen molar-refractivity contribution in [1.29, 1.82) is 0 Å². The number of hydrogen-bond donors (Lipinski definition) is 3. The molecule has 0 saturated heterocycles. The van der Waals surface area contributed by atoms with Crippen molar-refractivity contribution in [2.45, 2.75) is 53.1 Å². The Balaban J connectivity index is 1.50. The predicted molar refractivity (Wildman–Crippen MR) is 144 cm³/mol. The molecule has 5 rings (SSSR count). The highest BCUT2D eigenvalue weighted by Crippen LogP contribution is 2.55. The Labute approximate surface area is 217 Å². The minimum atomic E-state index is -0.152. The lowest BCUT2D eigenvalue weighted by atomic mass is 9.85. The summed E-state index contributed by atoms with van der Waals surface area (Å²) in [4.78, 5) is 13.5. The molecule has 3 aromatic rings. The third-order valence-electron chi connectivity index (χ3n) is 7.86. The zero-order valence-electron chi connectivity index (χ0n) is 21.2. The van der Waals surface area contributed by atoms with Crippen LogP contribution in [0, 0.1) is 18.3 Å². The highest BCUT2D eigenvalue weighted by Gasteiger charge is 2.46. The molecule has 0 spiro atoms. The number of aryl methyl sites for hydroxylation is 1. The number of rotatable bonds is 8. The molecule has 1 saturated carbocycles. The summed E-state index contributed by atoms with van der Waals surface area (Å²) in [6, 6.07) is 16.2. The molecule has 0 radical (unpaired) electrons. The van der Waals surface area contributed by atoms with E-state index in [9.17, 15) is 4.79 Å². The van der Waals surface area contributed by atoms with Crippen molar-refractivity contribution in [3.8, 4) is 11.3 Å². The Bertz CT molecular complexity index is 1330. The standard InChI is InChI=1S/C29H34ClN5O/c1-18-4-6-20(7-5-18)16-35-26(21-8-9-24(30)23(12-21)15-32-17-31)13-25(34-35)28(36)33-27-19(2)22-10-11-29(27,3)14-22/h4-9,12-13,22,32H,10-11,14-17,31H2,1-3H3,(H,33,36). The van der Waals surface area contributed by atoms with E-state index in [1.807, 2.05) is 28.9 Å². The summed E-state index contributed by atoms with van der Waals surface area (Å²) in [6.07, 6.45) is 3.48. The smallest absolute Gasteiger partial charge is 0.275 e. The first-order valence-electron chi connectivity index (χ1n) is 12.6. The van der Waals surface area contributed by atoms with Crippen molar-refractivity contribution in [2.24, 2.45) is 17.1 Å². The Kier molecular flexibility index (Phi) is 6.77. The monoisotopic (exact) mass is 503 g/mol. The van der Waals surface area contributed by atoms with E-state index < -0.39 is 0 Å². The number of allylic oxidation sites excluding steroid dienone is 2. The molecule has 2 unspecified atom stereocenters. The molecule has 2 aromatic carbocycles. The van der Waals surface area contributed by atoms with Crippen LogP contribution in [0.4, 0.5) is 0 Å². The fourth-order valence-electron chi connectivity index (χ4n) is 5.77. The highest BCUT2D eigenvalue weighted by molar-refractivity contribution is 6.31. The summed E-state index contributed by atoms with van der Waals surface area (Å²) in [7, 11) is 0. The molecule has 1 amide bonds. The van der Waals surface area contributed by atoms with E-state index in [1.54, 1.807) is 0 Å². The van der Waals surface area contributed by atoms with Crippen LogP contribution < -0.4 is 16.4 Å². The zero-order chi connectivity index (χ0) is 25.4. The van der Waals surface area contributed by atoms with Gasteiger partial charge in [0.15, 0.2) is 5.69 Å². The van der Waals surface area contributed by atoms with Gasteiger partial charge in [-0.15, -0.1) is 0 Å². The molecule has 2 aliphatic rings. The van der Waals surface area contributed by atoms with Gasteiger partial charge in [-0.3, -0.25) is 9.48 Å². The third kappa shape index (κ3) is 4.73. The number of carbonyl (C=O) groups excluding carboxylic acids is 1. The van der Waals surface area contributed by atoms with Gasteiger partial charge in [0.1, 0.15) is 0 Å². The molecular weight excluding hydrogens is 470 g/mol. The summed E-state index contributed by atoms with van der Waals surface area (Å²) in [6.45, 7) is 8.00. The Morgan fingerprint density at radius 3 is 2.67 bits per heavy atom. The molecule has 2 atom stereocenters. The van der Waals surface area contributed by atoms with E-state index >= 15 is 0 Å². The lowest BCUT2D eigenvalue weighted by Crippen LogP contribution is -2.32. The fraction of sp³-hybridized carbons (Fsp3) is 0.379. The maximum Gasteiger partial charge on any atom is 0.275 e. The largest absolute Gasteiger partial charge is 0.324 e. The van der Waals surface area contributed by atoms with Crippen LogP contribution in [0.3, 0.4) is 0 Å². The van der Waals surface area contributed by atoms with E-state index in [4.69, 9.17) is 22.4 Å². The van der Waals surface area contributed by atoms with Crippen LogP contribution in [0.25, 0.3) is 11.3 Å². The second-order valence-corrected chi connectivity index (χ2v) is 10.9. The van der Waals surface area contributed by atoms with E-state index in [0.29, 0.717) is 36.4 Å². The number of fused-ring (bicyclic) bond motifs is 2. The van der Waals surface area contributed by atoms with Crippen LogP contribution in [0.15, 0.2) is 59.8 Å². The lowest BCUT2D eigenvalue weighted by molar-refractivity contribution is 0.0950. The van der Waals surface area contributed by atoms with Gasteiger partial charge in [-0.05, 0) is 68.4 Å². The SMILES string of the molecule is CC1=C(NC(=O)c2cc(-c3ccc(Cl)c(CNCN)c3)n(Cc3ccc(C)cc3)n2)C2(C)CCC1C2. The minimum Gasteiger partial charge on any atom is -0.324 e. The molecule has 1 aromatic heterocycles. The second kappa shape index (κ2) is 9.85. The molecule has 2 aliphatic carbocycles. The first-order valence-corrected chi connectivity index (χ1v) is 13.0. The Morgan fingerprint density at radius 1 is 1.19 bits per heavy atom. The van der Waals surface area contributed by atoms with E-state index in [0.717, 1.165) is 40.9 Å². The number of aromatic nitrogens is 2.